The number of thioether (sulfide) groups is 2. The van der Waals surface area contributed by atoms with Crippen LogP contribution in [0.5, 0.6) is 0 Å². The lowest BCUT2D eigenvalue weighted by atomic mass is 10.0. The van der Waals surface area contributed by atoms with Crippen LogP contribution in [0.3, 0.4) is 0 Å². The number of rotatable bonds is 14. The van der Waals surface area contributed by atoms with E-state index < -0.39 is 0 Å². The van der Waals surface area contributed by atoms with Crippen molar-refractivity contribution in [1.29, 1.82) is 0 Å². The number of anilines is 6. The molecule has 0 N–H and O–H groups in total. The van der Waals surface area contributed by atoms with E-state index in [4.69, 9.17) is 0 Å². The van der Waals surface area contributed by atoms with Gasteiger partial charge in [0.1, 0.15) is 0 Å². The molecule has 0 spiro atoms. The fourth-order valence-electron chi connectivity index (χ4n) is 9.30. The van der Waals surface area contributed by atoms with E-state index in [1.807, 2.05) is 34.9 Å². The van der Waals surface area contributed by atoms with Crippen molar-refractivity contribution in [2.75, 3.05) is 22.3 Å². The lowest BCUT2D eigenvalue weighted by Crippen LogP contribution is -2.09. The minimum Gasteiger partial charge on any atom is -0.311 e. The minimum absolute atomic E-state index is 1.10. The molecule has 11 aromatic rings. The first-order chi connectivity index (χ1) is 35.1. The maximum absolute atomic E-state index is 2.36. The van der Waals surface area contributed by atoms with Gasteiger partial charge in [-0.05, 0) is 141 Å². The van der Waals surface area contributed by atoms with Gasteiger partial charge in [-0.15, -0.1) is 34.9 Å². The van der Waals surface area contributed by atoms with E-state index in [1.54, 1.807) is 0 Å². The predicted octanol–water partition coefficient (Wildman–Crippen LogP) is 20.1. The van der Waals surface area contributed by atoms with E-state index in [9.17, 15) is 0 Å². The van der Waals surface area contributed by atoms with Crippen molar-refractivity contribution in [3.63, 3.8) is 0 Å². The second kappa shape index (κ2) is 21.1. The second-order valence-corrected chi connectivity index (χ2v) is 19.9. The van der Waals surface area contributed by atoms with Crippen LogP contribution in [-0.4, -0.2) is 12.5 Å². The fraction of sp³-hybridized carbons (Fsp3) is 0.0303. The lowest BCUT2D eigenvalue weighted by molar-refractivity contribution is 1.28. The summed E-state index contributed by atoms with van der Waals surface area (Å²) < 4.78 is 0. The van der Waals surface area contributed by atoms with Gasteiger partial charge in [-0.1, -0.05) is 194 Å². The van der Waals surface area contributed by atoms with Crippen molar-refractivity contribution < 1.29 is 0 Å². The molecule has 0 amide bonds. The van der Waals surface area contributed by atoms with Crippen LogP contribution >= 0.6 is 34.9 Å². The Morgan fingerprint density at radius 2 is 0.408 bits per heavy atom. The molecule has 0 bridgehead atoms. The van der Waals surface area contributed by atoms with Crippen LogP contribution in [0.4, 0.5) is 34.1 Å². The summed E-state index contributed by atoms with van der Waals surface area (Å²) in [7, 11) is 0. The third-order valence-corrected chi connectivity index (χ3v) is 16.2. The largest absolute Gasteiger partial charge is 0.311 e. The van der Waals surface area contributed by atoms with E-state index in [2.05, 4.69) is 289 Å². The first-order valence-corrected chi connectivity index (χ1v) is 27.1. The quantitative estimate of drug-likeness (QED) is 0.100. The van der Waals surface area contributed by atoms with Gasteiger partial charge < -0.3 is 9.80 Å². The smallest absolute Gasteiger partial charge is 0.0496 e. The highest BCUT2D eigenvalue weighted by Crippen LogP contribution is 2.51. The Balaban J connectivity index is 0.919. The Kier molecular flexibility index (Phi) is 13.5. The highest BCUT2D eigenvalue weighted by Gasteiger charge is 2.22. The molecular formula is C66H50N2S3. The summed E-state index contributed by atoms with van der Waals surface area (Å²) in [5.74, 6) is 0. The number of hydrogen-bond acceptors (Lipinski definition) is 5. The molecule has 0 aliphatic heterocycles. The van der Waals surface area contributed by atoms with Gasteiger partial charge in [0.25, 0.3) is 0 Å². The van der Waals surface area contributed by atoms with Crippen LogP contribution in [0.2, 0.25) is 0 Å². The van der Waals surface area contributed by atoms with E-state index in [-0.39, 0.29) is 0 Å². The number of thiophene rings is 1. The maximum Gasteiger partial charge on any atom is 0.0496 e. The van der Waals surface area contributed by atoms with Gasteiger partial charge in [0.2, 0.25) is 0 Å². The zero-order chi connectivity index (χ0) is 47.9. The standard InChI is InChI=1S/C66H50N2S3/c1-69-65-63(55-31-43-61(44-32-55)67(57-35-23-51(24-36-57)47-15-7-3-8-16-47)58-37-25-52(26-38-58)48-17-9-4-10-18-48)71-64(66(65)70-2)56-33-45-62(46-34-56)68(59-39-27-53(28-40-59)49-19-11-5-12-20-49)60-41-29-54(30-42-60)50-21-13-6-14-22-50/h3-46H,1-2H3. The van der Waals surface area contributed by atoms with Crippen LogP contribution in [0.15, 0.2) is 277 Å². The number of nitrogens with zero attached hydrogens (tertiary/aromatic N) is 2. The van der Waals surface area contributed by atoms with Gasteiger partial charge in [-0.3, -0.25) is 0 Å². The van der Waals surface area contributed by atoms with Crippen LogP contribution in [0.1, 0.15) is 0 Å². The van der Waals surface area contributed by atoms with E-state index in [0.717, 1.165) is 34.1 Å². The van der Waals surface area contributed by atoms with Gasteiger partial charge in [-0.2, -0.15) is 0 Å². The molecular weight excluding hydrogens is 917 g/mol. The van der Waals surface area contributed by atoms with Crippen molar-refractivity contribution in [3.8, 4) is 65.4 Å². The molecule has 0 saturated heterocycles. The SMILES string of the molecule is CSc1c(-c2ccc(N(c3ccc(-c4ccccc4)cc3)c3ccc(-c4ccccc4)cc3)cc2)sc(-c2ccc(N(c3ccc(-c4ccccc4)cc3)c3ccc(-c4ccccc4)cc3)cc2)c1SC. The molecule has 5 heteroatoms. The first-order valence-electron chi connectivity index (χ1n) is 23.8. The minimum atomic E-state index is 1.10. The van der Waals surface area contributed by atoms with Crippen molar-refractivity contribution in [2.45, 2.75) is 9.79 Å². The van der Waals surface area contributed by atoms with Crippen molar-refractivity contribution >= 4 is 69.0 Å². The molecule has 0 aliphatic rings. The molecule has 0 unspecified atom stereocenters. The van der Waals surface area contributed by atoms with Crippen molar-refractivity contribution in [1.82, 2.24) is 0 Å². The molecule has 0 fully saturated rings. The van der Waals surface area contributed by atoms with Gasteiger partial charge in [0, 0.05) is 53.7 Å². The average Bonchev–Trinajstić information content (AvgIpc) is 3.84. The summed E-state index contributed by atoms with van der Waals surface area (Å²) in [4.78, 5) is 9.93. The van der Waals surface area contributed by atoms with Crippen LogP contribution < -0.4 is 9.80 Å². The monoisotopic (exact) mass is 966 g/mol. The van der Waals surface area contributed by atoms with Crippen molar-refractivity contribution in [2.24, 2.45) is 0 Å². The topological polar surface area (TPSA) is 6.48 Å². The summed E-state index contributed by atoms with van der Waals surface area (Å²) in [6.45, 7) is 0. The third kappa shape index (κ3) is 9.73. The first kappa shape index (κ1) is 45.6. The lowest BCUT2D eigenvalue weighted by Gasteiger charge is -2.26. The van der Waals surface area contributed by atoms with Gasteiger partial charge in [0.15, 0.2) is 0 Å². The highest BCUT2D eigenvalue weighted by molar-refractivity contribution is 8.02. The summed E-state index contributed by atoms with van der Waals surface area (Å²) in [6.07, 6.45) is 4.41. The molecule has 71 heavy (non-hydrogen) atoms. The Labute approximate surface area is 430 Å². The second-order valence-electron chi connectivity index (χ2n) is 17.2. The van der Waals surface area contributed by atoms with Crippen LogP contribution in [0.25, 0.3) is 65.4 Å². The molecule has 0 atom stereocenters. The Bertz CT molecular complexity index is 3070. The Morgan fingerprint density at radius 1 is 0.225 bits per heavy atom. The summed E-state index contributed by atoms with van der Waals surface area (Å²) in [6, 6.07) is 96.3. The predicted molar refractivity (Wildman–Crippen MR) is 310 cm³/mol. The molecule has 11 rings (SSSR count). The van der Waals surface area contributed by atoms with Gasteiger partial charge >= 0.3 is 0 Å². The normalized spacial score (nSPS) is 11.1. The van der Waals surface area contributed by atoms with E-state index in [1.165, 1.54) is 75.2 Å². The van der Waals surface area contributed by atoms with Crippen molar-refractivity contribution in [3.05, 3.63) is 267 Å². The van der Waals surface area contributed by atoms with E-state index in [0.29, 0.717) is 0 Å². The summed E-state index contributed by atoms with van der Waals surface area (Å²) >= 11 is 5.55. The van der Waals surface area contributed by atoms with E-state index >= 15 is 0 Å². The molecule has 342 valence electrons. The molecule has 0 radical (unpaired) electrons. The summed E-state index contributed by atoms with van der Waals surface area (Å²) in [5.41, 5.74) is 18.7. The zero-order valence-corrected chi connectivity index (χ0v) is 42.0. The zero-order valence-electron chi connectivity index (χ0n) is 39.5. The Morgan fingerprint density at radius 3 is 0.606 bits per heavy atom. The maximum atomic E-state index is 2.36. The number of benzene rings is 10. The molecule has 1 aromatic heterocycles. The Hall–Kier alpha value is -7.80. The van der Waals surface area contributed by atoms with Gasteiger partial charge in [0.05, 0.1) is 0 Å². The highest BCUT2D eigenvalue weighted by atomic mass is 32.2. The third-order valence-electron chi connectivity index (χ3n) is 12.9. The molecule has 0 saturated carbocycles. The molecule has 10 aromatic carbocycles. The van der Waals surface area contributed by atoms with Crippen LogP contribution in [0, 0.1) is 0 Å². The molecule has 2 nitrogen and oxygen atoms in total. The number of hydrogen-bond donors (Lipinski definition) is 0. The van der Waals surface area contributed by atoms with Gasteiger partial charge in [-0.25, -0.2) is 0 Å². The summed E-state index contributed by atoms with van der Waals surface area (Å²) in [5, 5.41) is 0. The fourth-order valence-corrected chi connectivity index (χ4v) is 13.0. The average molecular weight is 967 g/mol. The molecule has 0 aliphatic carbocycles. The van der Waals surface area contributed by atoms with Crippen LogP contribution in [-0.2, 0) is 0 Å². The molecule has 1 heterocycles.